The van der Waals surface area contributed by atoms with Crippen LogP contribution in [0.2, 0.25) is 0 Å². The van der Waals surface area contributed by atoms with Crippen molar-refractivity contribution in [3.63, 3.8) is 0 Å². The molecule has 0 aliphatic rings. The lowest BCUT2D eigenvalue weighted by Crippen LogP contribution is -2.50. The predicted molar refractivity (Wildman–Crippen MR) is 70.4 cm³/mol. The normalized spacial score (nSPS) is 13.4. The first kappa shape index (κ1) is 17.0. The highest BCUT2D eigenvalue weighted by molar-refractivity contribution is 5.83. The average molecular weight is 301 g/mol. The summed E-state index contributed by atoms with van der Waals surface area (Å²) in [5.41, 5.74) is -1.97. The minimum absolute atomic E-state index is 0.170. The van der Waals surface area contributed by atoms with Gasteiger partial charge in [-0.05, 0) is 32.0 Å². The Morgan fingerprint density at radius 2 is 2.00 bits per heavy atom. The van der Waals surface area contributed by atoms with Crippen LogP contribution in [0, 0.1) is 11.6 Å². The Hall–Kier alpha value is -2.02. The number of hydrogen-bond acceptors (Lipinski definition) is 5. The zero-order chi connectivity index (χ0) is 16.0. The van der Waals surface area contributed by atoms with Crippen LogP contribution in [0.15, 0.2) is 18.2 Å². The van der Waals surface area contributed by atoms with Crippen LogP contribution in [0.1, 0.15) is 19.4 Å². The molecular formula is C14H17F2NO4. The molecule has 0 radical (unpaired) electrons. The van der Waals surface area contributed by atoms with Crippen LogP contribution < -0.4 is 5.32 Å². The summed E-state index contributed by atoms with van der Waals surface area (Å²) in [6.45, 7) is 2.75. The van der Waals surface area contributed by atoms with Crippen molar-refractivity contribution < 1.29 is 27.8 Å². The fourth-order valence-electron chi connectivity index (χ4n) is 1.82. The largest absolute Gasteiger partial charge is 0.467 e. The average Bonchev–Trinajstić information content (AvgIpc) is 2.46. The Bertz CT molecular complexity index is 536. The molecule has 0 spiro atoms. The summed E-state index contributed by atoms with van der Waals surface area (Å²) in [5, 5.41) is 2.56. The maximum absolute atomic E-state index is 13.9. The standard InChI is InChI=1S/C14H17F2NO4/c1-4-21-12(18)8-17-14(2,13(19)20-3)10-7-9(15)5-6-11(10)16/h5-7,17H,4,8H2,1-3H3/t14-/m0/s1. The highest BCUT2D eigenvalue weighted by Gasteiger charge is 2.39. The van der Waals surface area contributed by atoms with E-state index in [9.17, 15) is 18.4 Å². The van der Waals surface area contributed by atoms with Crippen molar-refractivity contribution in [2.24, 2.45) is 0 Å². The summed E-state index contributed by atoms with van der Waals surface area (Å²) < 4.78 is 36.6. The van der Waals surface area contributed by atoms with E-state index in [4.69, 9.17) is 4.74 Å². The molecule has 0 aliphatic heterocycles. The molecule has 0 fully saturated rings. The molecule has 1 atom stereocenters. The highest BCUT2D eigenvalue weighted by Crippen LogP contribution is 2.26. The highest BCUT2D eigenvalue weighted by atomic mass is 19.1. The van der Waals surface area contributed by atoms with Gasteiger partial charge in [-0.2, -0.15) is 0 Å². The topological polar surface area (TPSA) is 64.6 Å². The van der Waals surface area contributed by atoms with E-state index in [-0.39, 0.29) is 18.7 Å². The van der Waals surface area contributed by atoms with Gasteiger partial charge in [0.05, 0.1) is 20.3 Å². The summed E-state index contributed by atoms with van der Waals surface area (Å²) in [4.78, 5) is 23.3. The number of ether oxygens (including phenoxy) is 2. The Morgan fingerprint density at radius 3 is 2.57 bits per heavy atom. The number of carbonyl (C=O) groups is 2. The van der Waals surface area contributed by atoms with Crippen LogP contribution in [0.5, 0.6) is 0 Å². The molecular weight excluding hydrogens is 284 g/mol. The minimum atomic E-state index is -1.71. The zero-order valence-electron chi connectivity index (χ0n) is 12.0. The second-order valence-electron chi connectivity index (χ2n) is 4.40. The van der Waals surface area contributed by atoms with Gasteiger partial charge in [0, 0.05) is 5.56 Å². The van der Waals surface area contributed by atoms with Crippen LogP contribution in [0.4, 0.5) is 8.78 Å². The van der Waals surface area contributed by atoms with Crippen molar-refractivity contribution in [1.82, 2.24) is 5.32 Å². The maximum atomic E-state index is 13.9. The summed E-state index contributed by atoms with van der Waals surface area (Å²) in [6.07, 6.45) is 0. The van der Waals surface area contributed by atoms with Gasteiger partial charge in [-0.3, -0.25) is 10.1 Å². The molecule has 0 saturated heterocycles. The van der Waals surface area contributed by atoms with E-state index < -0.39 is 29.1 Å². The zero-order valence-corrected chi connectivity index (χ0v) is 12.0. The van der Waals surface area contributed by atoms with Gasteiger partial charge in [-0.25, -0.2) is 13.6 Å². The SMILES string of the molecule is CCOC(=O)CN[C@](C)(C(=O)OC)c1cc(F)ccc1F. The first-order valence-corrected chi connectivity index (χ1v) is 6.29. The molecule has 0 heterocycles. The number of carbonyl (C=O) groups excluding carboxylic acids is 2. The van der Waals surface area contributed by atoms with Crippen molar-refractivity contribution >= 4 is 11.9 Å². The van der Waals surface area contributed by atoms with E-state index in [0.29, 0.717) is 0 Å². The molecule has 0 unspecified atom stereocenters. The minimum Gasteiger partial charge on any atom is -0.467 e. The summed E-state index contributed by atoms with van der Waals surface area (Å²) in [7, 11) is 1.11. The molecule has 21 heavy (non-hydrogen) atoms. The molecule has 7 heteroatoms. The lowest BCUT2D eigenvalue weighted by molar-refractivity contribution is -0.149. The van der Waals surface area contributed by atoms with Gasteiger partial charge in [0.1, 0.15) is 17.2 Å². The number of methoxy groups -OCH3 is 1. The summed E-state index contributed by atoms with van der Waals surface area (Å²) in [6, 6.07) is 2.71. The van der Waals surface area contributed by atoms with Crippen molar-refractivity contribution in [3.05, 3.63) is 35.4 Å². The van der Waals surface area contributed by atoms with Gasteiger partial charge in [0.25, 0.3) is 0 Å². The number of rotatable bonds is 6. The Labute approximate surface area is 121 Å². The second kappa shape index (κ2) is 7.12. The van der Waals surface area contributed by atoms with Gasteiger partial charge in [0.15, 0.2) is 0 Å². The molecule has 116 valence electrons. The van der Waals surface area contributed by atoms with Gasteiger partial charge in [-0.15, -0.1) is 0 Å². The number of benzene rings is 1. The number of hydrogen-bond donors (Lipinski definition) is 1. The molecule has 1 N–H and O–H groups in total. The Morgan fingerprint density at radius 1 is 1.33 bits per heavy atom. The van der Waals surface area contributed by atoms with Crippen molar-refractivity contribution in [2.75, 3.05) is 20.3 Å². The van der Waals surface area contributed by atoms with Gasteiger partial charge >= 0.3 is 11.9 Å². The van der Waals surface area contributed by atoms with Crippen LogP contribution >= 0.6 is 0 Å². The molecule has 0 aromatic heterocycles. The van der Waals surface area contributed by atoms with Gasteiger partial charge < -0.3 is 9.47 Å². The first-order chi connectivity index (χ1) is 9.85. The van der Waals surface area contributed by atoms with Gasteiger partial charge in [-0.1, -0.05) is 0 Å². The molecule has 1 aromatic carbocycles. The third-order valence-electron chi connectivity index (χ3n) is 2.95. The molecule has 0 amide bonds. The quantitative estimate of drug-likeness (QED) is 0.807. The van der Waals surface area contributed by atoms with Gasteiger partial charge in [0.2, 0.25) is 0 Å². The lowest BCUT2D eigenvalue weighted by Gasteiger charge is -2.28. The van der Waals surface area contributed by atoms with E-state index in [1.54, 1.807) is 6.92 Å². The fraction of sp³-hybridized carbons (Fsp3) is 0.429. The number of halogens is 2. The lowest BCUT2D eigenvalue weighted by atomic mass is 9.91. The van der Waals surface area contributed by atoms with E-state index in [1.165, 1.54) is 6.92 Å². The van der Waals surface area contributed by atoms with Crippen LogP contribution in [0.25, 0.3) is 0 Å². The molecule has 1 rings (SSSR count). The van der Waals surface area contributed by atoms with Crippen molar-refractivity contribution in [1.29, 1.82) is 0 Å². The second-order valence-corrected chi connectivity index (χ2v) is 4.40. The van der Waals surface area contributed by atoms with E-state index >= 15 is 0 Å². The molecule has 5 nitrogen and oxygen atoms in total. The molecule has 1 aromatic rings. The summed E-state index contributed by atoms with van der Waals surface area (Å²) in [5.74, 6) is -2.97. The Kier molecular flexibility index (Phi) is 5.78. The van der Waals surface area contributed by atoms with Crippen LogP contribution in [-0.2, 0) is 24.6 Å². The molecule has 0 aliphatic carbocycles. The third-order valence-corrected chi connectivity index (χ3v) is 2.95. The maximum Gasteiger partial charge on any atom is 0.330 e. The predicted octanol–water partition coefficient (Wildman–Crippen LogP) is 1.51. The van der Waals surface area contributed by atoms with Crippen molar-refractivity contribution in [2.45, 2.75) is 19.4 Å². The van der Waals surface area contributed by atoms with E-state index in [0.717, 1.165) is 25.3 Å². The molecule has 0 bridgehead atoms. The number of esters is 2. The molecule has 0 saturated carbocycles. The van der Waals surface area contributed by atoms with E-state index in [1.807, 2.05) is 0 Å². The van der Waals surface area contributed by atoms with Crippen LogP contribution in [-0.4, -0.2) is 32.2 Å². The fourth-order valence-corrected chi connectivity index (χ4v) is 1.82. The van der Waals surface area contributed by atoms with E-state index in [2.05, 4.69) is 10.1 Å². The third kappa shape index (κ3) is 3.98. The van der Waals surface area contributed by atoms with Crippen LogP contribution in [0.3, 0.4) is 0 Å². The summed E-state index contributed by atoms with van der Waals surface area (Å²) >= 11 is 0. The number of nitrogens with one attached hydrogen (secondary N) is 1. The van der Waals surface area contributed by atoms with Crippen molar-refractivity contribution in [3.8, 4) is 0 Å². The monoisotopic (exact) mass is 301 g/mol. The first-order valence-electron chi connectivity index (χ1n) is 6.29. The Balaban J connectivity index is 3.12. The smallest absolute Gasteiger partial charge is 0.330 e.